The zero-order valence-electron chi connectivity index (χ0n) is 14.9. The minimum Gasteiger partial charge on any atom is -0.444 e. The summed E-state index contributed by atoms with van der Waals surface area (Å²) in [5, 5.41) is 3.72. The molecule has 1 N–H and O–H groups in total. The third-order valence-corrected chi connectivity index (χ3v) is 5.96. The van der Waals surface area contributed by atoms with Crippen LogP contribution in [0.25, 0.3) is 0 Å². The van der Waals surface area contributed by atoms with Gasteiger partial charge < -0.3 is 15.0 Å². The Balaban J connectivity index is 1.90. The van der Waals surface area contributed by atoms with Gasteiger partial charge in [0.15, 0.2) is 0 Å². The number of hydrogen-bond donors (Lipinski definition) is 1. The van der Waals surface area contributed by atoms with Gasteiger partial charge in [0.2, 0.25) is 0 Å². The molecule has 0 aromatic rings. The second-order valence-electron chi connectivity index (χ2n) is 8.29. The Morgan fingerprint density at radius 1 is 1.18 bits per heavy atom. The number of nitrogens with one attached hydrogen (secondary N) is 1. The van der Waals surface area contributed by atoms with Crippen LogP contribution in [0.1, 0.15) is 60.3 Å². The molecule has 0 radical (unpaired) electrons. The summed E-state index contributed by atoms with van der Waals surface area (Å²) in [4.78, 5) is 14.4. The smallest absolute Gasteiger partial charge is 0.410 e. The monoisotopic (exact) mass is 328 g/mol. The molecule has 2 atom stereocenters. The summed E-state index contributed by atoms with van der Waals surface area (Å²) < 4.78 is 5.85. The van der Waals surface area contributed by atoms with E-state index < -0.39 is 5.60 Å². The van der Waals surface area contributed by atoms with Crippen LogP contribution in [0.4, 0.5) is 4.79 Å². The zero-order valence-corrected chi connectivity index (χ0v) is 15.8. The minimum absolute atomic E-state index is 0.122. The molecule has 0 spiro atoms. The van der Waals surface area contributed by atoms with Crippen molar-refractivity contribution in [1.82, 2.24) is 10.2 Å². The molecule has 2 aliphatic rings. The molecule has 5 heteroatoms. The molecular formula is C17H32N2O2S. The van der Waals surface area contributed by atoms with Crippen molar-refractivity contribution < 1.29 is 9.53 Å². The van der Waals surface area contributed by atoms with E-state index in [0.29, 0.717) is 18.1 Å². The molecule has 2 aliphatic heterocycles. The van der Waals surface area contributed by atoms with Crippen molar-refractivity contribution in [3.8, 4) is 0 Å². The van der Waals surface area contributed by atoms with Gasteiger partial charge >= 0.3 is 6.09 Å². The lowest BCUT2D eigenvalue weighted by Gasteiger charge is -2.40. The Hall–Kier alpha value is -0.420. The number of rotatable bonds is 4. The van der Waals surface area contributed by atoms with Crippen molar-refractivity contribution in [3.05, 3.63) is 0 Å². The van der Waals surface area contributed by atoms with Gasteiger partial charge in [-0.2, -0.15) is 11.8 Å². The molecule has 0 aliphatic carbocycles. The lowest BCUT2D eigenvalue weighted by atomic mass is 9.97. The summed E-state index contributed by atoms with van der Waals surface area (Å²) in [6.45, 7) is 11.4. The van der Waals surface area contributed by atoms with Gasteiger partial charge in [-0.05, 0) is 66.6 Å². The van der Waals surface area contributed by atoms with Crippen LogP contribution in [-0.2, 0) is 4.74 Å². The van der Waals surface area contributed by atoms with Crippen molar-refractivity contribution >= 4 is 17.9 Å². The number of carbonyl (C=O) groups excluding carboxylic acids is 1. The third kappa shape index (κ3) is 4.54. The third-order valence-electron chi connectivity index (χ3n) is 4.71. The molecule has 2 fully saturated rings. The van der Waals surface area contributed by atoms with Gasteiger partial charge in [-0.3, -0.25) is 0 Å². The second kappa shape index (κ2) is 6.60. The Kier molecular flexibility index (Phi) is 5.38. The van der Waals surface area contributed by atoms with Crippen LogP contribution in [-0.4, -0.2) is 52.3 Å². The number of carbonyl (C=O) groups is 1. The molecule has 2 rings (SSSR count). The van der Waals surface area contributed by atoms with Crippen molar-refractivity contribution in [1.29, 1.82) is 0 Å². The van der Waals surface area contributed by atoms with Gasteiger partial charge in [0.25, 0.3) is 0 Å². The first kappa shape index (κ1) is 17.9. The molecule has 0 saturated carbocycles. The summed E-state index contributed by atoms with van der Waals surface area (Å²) in [7, 11) is 0. The maximum atomic E-state index is 12.4. The van der Waals surface area contributed by atoms with E-state index in [4.69, 9.17) is 4.74 Å². The second-order valence-corrected chi connectivity index (χ2v) is 9.80. The SMILES string of the molecule is CSC(C)(C)CNC1CC2CCC(C1)N2C(=O)OC(C)(C)C. The van der Waals surface area contributed by atoms with Gasteiger partial charge in [0, 0.05) is 29.4 Å². The van der Waals surface area contributed by atoms with E-state index in [1.54, 1.807) is 0 Å². The summed E-state index contributed by atoms with van der Waals surface area (Å²) in [5.74, 6) is 0. The average Bonchev–Trinajstić information content (AvgIpc) is 2.66. The van der Waals surface area contributed by atoms with E-state index in [-0.39, 0.29) is 10.8 Å². The van der Waals surface area contributed by atoms with Gasteiger partial charge in [-0.25, -0.2) is 4.79 Å². The molecular weight excluding hydrogens is 296 g/mol. The van der Waals surface area contributed by atoms with Crippen LogP contribution < -0.4 is 5.32 Å². The summed E-state index contributed by atoms with van der Waals surface area (Å²) in [6.07, 6.45) is 6.39. The summed E-state index contributed by atoms with van der Waals surface area (Å²) in [6, 6.07) is 1.23. The van der Waals surface area contributed by atoms with Crippen LogP contribution in [0.3, 0.4) is 0 Å². The summed E-state index contributed by atoms with van der Waals surface area (Å²) in [5.41, 5.74) is -0.409. The van der Waals surface area contributed by atoms with E-state index in [1.165, 1.54) is 0 Å². The predicted molar refractivity (Wildman–Crippen MR) is 93.5 cm³/mol. The minimum atomic E-state index is -0.409. The lowest BCUT2D eigenvalue weighted by Crippen LogP contribution is -2.53. The predicted octanol–water partition coefficient (Wildman–Crippen LogP) is 3.65. The Morgan fingerprint density at radius 2 is 1.73 bits per heavy atom. The highest BCUT2D eigenvalue weighted by Crippen LogP contribution is 2.37. The lowest BCUT2D eigenvalue weighted by molar-refractivity contribution is 0.00468. The molecule has 22 heavy (non-hydrogen) atoms. The average molecular weight is 329 g/mol. The first-order valence-electron chi connectivity index (χ1n) is 8.41. The van der Waals surface area contributed by atoms with Crippen molar-refractivity contribution in [2.75, 3.05) is 12.8 Å². The number of amides is 1. The molecule has 4 nitrogen and oxygen atoms in total. The molecule has 0 aromatic heterocycles. The fraction of sp³-hybridized carbons (Fsp3) is 0.941. The molecule has 2 heterocycles. The highest BCUT2D eigenvalue weighted by atomic mass is 32.2. The Labute approximate surface area is 139 Å². The molecule has 2 saturated heterocycles. The van der Waals surface area contributed by atoms with Gasteiger partial charge in [-0.1, -0.05) is 0 Å². The fourth-order valence-corrected chi connectivity index (χ4v) is 3.65. The fourth-order valence-electron chi connectivity index (χ4n) is 3.42. The number of hydrogen-bond acceptors (Lipinski definition) is 4. The van der Waals surface area contributed by atoms with Gasteiger partial charge in [-0.15, -0.1) is 0 Å². The van der Waals surface area contributed by atoms with Crippen molar-refractivity contribution in [2.45, 2.75) is 88.8 Å². The molecule has 0 aromatic carbocycles. The van der Waals surface area contributed by atoms with Crippen molar-refractivity contribution in [3.63, 3.8) is 0 Å². The standard InChI is InChI=1S/C17H32N2O2S/c1-16(2,3)21-15(20)19-13-7-8-14(19)10-12(9-13)18-11-17(4,5)22-6/h12-14,18H,7-11H2,1-6H3. The van der Waals surface area contributed by atoms with E-state index in [1.807, 2.05) is 37.4 Å². The summed E-state index contributed by atoms with van der Waals surface area (Å²) >= 11 is 1.90. The largest absolute Gasteiger partial charge is 0.444 e. The van der Waals surface area contributed by atoms with Crippen LogP contribution in [0, 0.1) is 0 Å². The zero-order chi connectivity index (χ0) is 16.5. The Morgan fingerprint density at radius 3 is 2.18 bits per heavy atom. The van der Waals surface area contributed by atoms with E-state index in [2.05, 4.69) is 25.4 Å². The number of fused-ring (bicyclic) bond motifs is 2. The highest BCUT2D eigenvalue weighted by Gasteiger charge is 2.44. The number of piperidine rings is 1. The maximum absolute atomic E-state index is 12.4. The van der Waals surface area contributed by atoms with Crippen molar-refractivity contribution in [2.24, 2.45) is 0 Å². The van der Waals surface area contributed by atoms with Crippen LogP contribution in [0.5, 0.6) is 0 Å². The normalized spacial score (nSPS) is 28.8. The van der Waals surface area contributed by atoms with Gasteiger partial charge in [0.05, 0.1) is 0 Å². The first-order valence-corrected chi connectivity index (χ1v) is 9.63. The van der Waals surface area contributed by atoms with Crippen LogP contribution >= 0.6 is 11.8 Å². The highest BCUT2D eigenvalue weighted by molar-refractivity contribution is 7.99. The first-order chi connectivity index (χ1) is 10.1. The van der Waals surface area contributed by atoms with E-state index >= 15 is 0 Å². The van der Waals surface area contributed by atoms with Crippen LogP contribution in [0.2, 0.25) is 0 Å². The molecule has 128 valence electrons. The number of thioether (sulfide) groups is 1. The van der Waals surface area contributed by atoms with Gasteiger partial charge in [0.1, 0.15) is 5.60 Å². The number of ether oxygens (including phenoxy) is 1. The molecule has 2 bridgehead atoms. The van der Waals surface area contributed by atoms with E-state index in [0.717, 1.165) is 32.2 Å². The Bertz CT molecular complexity index is 392. The topological polar surface area (TPSA) is 41.6 Å². The quantitative estimate of drug-likeness (QED) is 0.855. The maximum Gasteiger partial charge on any atom is 0.410 e. The van der Waals surface area contributed by atoms with E-state index in [9.17, 15) is 4.79 Å². The number of nitrogens with zero attached hydrogens (tertiary/aromatic N) is 1. The molecule has 2 unspecified atom stereocenters. The molecule has 1 amide bonds. The van der Waals surface area contributed by atoms with Crippen LogP contribution in [0.15, 0.2) is 0 Å².